The van der Waals surface area contributed by atoms with Gasteiger partial charge in [0.05, 0.1) is 0 Å². The number of aromatic nitrogens is 2. The summed E-state index contributed by atoms with van der Waals surface area (Å²) in [6.45, 7) is 5.30. The van der Waals surface area contributed by atoms with E-state index in [2.05, 4.69) is 22.2 Å². The average molecular weight is 284 g/mol. The van der Waals surface area contributed by atoms with Crippen LogP contribution in [-0.2, 0) is 11.3 Å². The van der Waals surface area contributed by atoms with Gasteiger partial charge in [-0.25, -0.2) is 9.97 Å². The Bertz CT molecular complexity index is 414. The lowest BCUT2D eigenvalue weighted by atomic mass is 9.86. The Morgan fingerprint density at radius 3 is 2.89 bits per heavy atom. The lowest BCUT2D eigenvalue weighted by Crippen LogP contribution is -2.30. The molecule has 2 unspecified atom stereocenters. The Kier molecular flexibility index (Phi) is 5.40. The fourth-order valence-corrected chi connectivity index (χ4v) is 2.72. The minimum absolute atomic E-state index is 0.409. The van der Waals surface area contributed by atoms with Crippen molar-refractivity contribution in [1.82, 2.24) is 9.97 Å². The molecular formula is C14H22ClN3O. The number of nitrogens with one attached hydrogen (secondary N) is 1. The van der Waals surface area contributed by atoms with Gasteiger partial charge in [0.2, 0.25) is 0 Å². The van der Waals surface area contributed by atoms with Gasteiger partial charge in [0, 0.05) is 18.7 Å². The molecule has 1 aliphatic rings. The summed E-state index contributed by atoms with van der Waals surface area (Å²) >= 11 is 6.04. The van der Waals surface area contributed by atoms with Gasteiger partial charge in [-0.1, -0.05) is 31.4 Å². The van der Waals surface area contributed by atoms with Crippen LogP contribution in [-0.4, -0.2) is 22.6 Å². The van der Waals surface area contributed by atoms with Crippen molar-refractivity contribution < 1.29 is 4.74 Å². The number of hydrogen-bond acceptors (Lipinski definition) is 4. The van der Waals surface area contributed by atoms with Gasteiger partial charge in [0.25, 0.3) is 0 Å². The first kappa shape index (κ1) is 14.5. The van der Waals surface area contributed by atoms with Gasteiger partial charge in [0.15, 0.2) is 5.82 Å². The van der Waals surface area contributed by atoms with Crippen LogP contribution in [0.1, 0.15) is 45.4 Å². The van der Waals surface area contributed by atoms with Crippen LogP contribution < -0.4 is 5.32 Å². The fourth-order valence-electron chi connectivity index (χ4n) is 2.52. The van der Waals surface area contributed by atoms with Crippen LogP contribution in [0.15, 0.2) is 6.07 Å². The van der Waals surface area contributed by atoms with Crippen LogP contribution in [0.2, 0.25) is 5.15 Å². The van der Waals surface area contributed by atoms with Gasteiger partial charge < -0.3 is 10.1 Å². The van der Waals surface area contributed by atoms with Crippen molar-refractivity contribution >= 4 is 17.4 Å². The Balaban J connectivity index is 2.04. The average Bonchev–Trinajstić information content (AvgIpc) is 2.38. The predicted octanol–water partition coefficient (Wildman–Crippen LogP) is 3.66. The first-order valence-electron chi connectivity index (χ1n) is 7.06. The largest absolute Gasteiger partial charge is 0.374 e. The molecule has 19 heavy (non-hydrogen) atoms. The van der Waals surface area contributed by atoms with Crippen LogP contribution in [0.25, 0.3) is 0 Å². The summed E-state index contributed by atoms with van der Waals surface area (Å²) in [4.78, 5) is 8.64. The highest BCUT2D eigenvalue weighted by Gasteiger charge is 2.21. The van der Waals surface area contributed by atoms with E-state index in [0.717, 1.165) is 5.82 Å². The van der Waals surface area contributed by atoms with Gasteiger partial charge in [-0.2, -0.15) is 0 Å². The molecule has 1 aromatic rings. The highest BCUT2D eigenvalue weighted by molar-refractivity contribution is 6.29. The molecule has 0 saturated heterocycles. The standard InChI is InChI=1S/C14H22ClN3O/c1-3-19-9-14-17-12(15)8-13(18-14)16-11-7-5-4-6-10(11)2/h8,10-11H,3-7,9H2,1-2H3,(H,16,17,18). The molecule has 1 heterocycles. The number of rotatable bonds is 5. The van der Waals surface area contributed by atoms with Crippen molar-refractivity contribution in [3.05, 3.63) is 17.0 Å². The second-order valence-electron chi connectivity index (χ2n) is 5.14. The molecule has 0 radical (unpaired) electrons. The topological polar surface area (TPSA) is 47.0 Å². The molecule has 5 heteroatoms. The molecule has 4 nitrogen and oxygen atoms in total. The van der Waals surface area contributed by atoms with Gasteiger partial charge in [0.1, 0.15) is 17.6 Å². The molecule has 2 rings (SSSR count). The summed E-state index contributed by atoms with van der Waals surface area (Å²) in [6.07, 6.45) is 5.10. The van der Waals surface area contributed by atoms with E-state index in [1.165, 1.54) is 25.7 Å². The molecule has 1 fully saturated rings. The maximum absolute atomic E-state index is 6.04. The quantitative estimate of drug-likeness (QED) is 0.838. The van der Waals surface area contributed by atoms with Crippen LogP contribution >= 0.6 is 11.6 Å². The zero-order chi connectivity index (χ0) is 13.7. The van der Waals surface area contributed by atoms with Crippen molar-refractivity contribution in [2.45, 2.75) is 52.2 Å². The number of ether oxygens (including phenoxy) is 1. The third-order valence-electron chi connectivity index (χ3n) is 3.62. The summed E-state index contributed by atoms with van der Waals surface area (Å²) in [5, 5.41) is 3.97. The highest BCUT2D eigenvalue weighted by Crippen LogP contribution is 2.26. The Hall–Kier alpha value is -0.870. The van der Waals surface area contributed by atoms with E-state index in [-0.39, 0.29) is 0 Å². The molecule has 0 bridgehead atoms. The summed E-state index contributed by atoms with van der Waals surface area (Å²) in [6, 6.07) is 2.28. The maximum Gasteiger partial charge on any atom is 0.158 e. The van der Waals surface area contributed by atoms with Crippen LogP contribution in [0.5, 0.6) is 0 Å². The van der Waals surface area contributed by atoms with Gasteiger partial charge in [-0.15, -0.1) is 0 Å². The van der Waals surface area contributed by atoms with Crippen molar-refractivity contribution in [2.24, 2.45) is 5.92 Å². The molecule has 0 spiro atoms. The summed E-state index contributed by atoms with van der Waals surface area (Å²) in [5.74, 6) is 2.13. The van der Waals surface area contributed by atoms with E-state index in [1.54, 1.807) is 6.07 Å². The molecule has 106 valence electrons. The number of hydrogen-bond donors (Lipinski definition) is 1. The normalized spacial score (nSPS) is 23.3. The molecular weight excluding hydrogens is 262 g/mol. The number of halogens is 1. The second kappa shape index (κ2) is 7.06. The molecule has 1 aliphatic carbocycles. The zero-order valence-corrected chi connectivity index (χ0v) is 12.4. The third kappa shape index (κ3) is 4.32. The van der Waals surface area contributed by atoms with Gasteiger partial charge in [-0.3, -0.25) is 0 Å². The fraction of sp³-hybridized carbons (Fsp3) is 0.714. The second-order valence-corrected chi connectivity index (χ2v) is 5.53. The Morgan fingerprint density at radius 2 is 2.16 bits per heavy atom. The lowest BCUT2D eigenvalue weighted by molar-refractivity contribution is 0.128. The summed E-state index contributed by atoms with van der Waals surface area (Å²) in [5.41, 5.74) is 0. The molecule has 2 atom stereocenters. The smallest absolute Gasteiger partial charge is 0.158 e. The minimum atomic E-state index is 0.409. The van der Waals surface area contributed by atoms with E-state index in [9.17, 15) is 0 Å². The molecule has 0 aliphatic heterocycles. The van der Waals surface area contributed by atoms with E-state index in [1.807, 2.05) is 6.92 Å². The first-order chi connectivity index (χ1) is 9.19. The molecule has 0 amide bonds. The van der Waals surface area contributed by atoms with Crippen molar-refractivity contribution in [2.75, 3.05) is 11.9 Å². The predicted molar refractivity (Wildman–Crippen MR) is 77.4 cm³/mol. The van der Waals surface area contributed by atoms with Crippen LogP contribution in [0.3, 0.4) is 0 Å². The Labute approximate surface area is 119 Å². The van der Waals surface area contributed by atoms with Gasteiger partial charge in [-0.05, 0) is 25.7 Å². The third-order valence-corrected chi connectivity index (χ3v) is 3.81. The van der Waals surface area contributed by atoms with E-state index in [4.69, 9.17) is 16.3 Å². The van der Waals surface area contributed by atoms with Crippen LogP contribution in [0.4, 0.5) is 5.82 Å². The van der Waals surface area contributed by atoms with Crippen molar-refractivity contribution in [3.8, 4) is 0 Å². The van der Waals surface area contributed by atoms with E-state index >= 15 is 0 Å². The Morgan fingerprint density at radius 1 is 1.37 bits per heavy atom. The monoisotopic (exact) mass is 283 g/mol. The highest BCUT2D eigenvalue weighted by atomic mass is 35.5. The first-order valence-corrected chi connectivity index (χ1v) is 7.44. The molecule has 1 N–H and O–H groups in total. The maximum atomic E-state index is 6.04. The van der Waals surface area contributed by atoms with E-state index in [0.29, 0.717) is 36.2 Å². The summed E-state index contributed by atoms with van der Waals surface area (Å²) < 4.78 is 5.33. The summed E-state index contributed by atoms with van der Waals surface area (Å²) in [7, 11) is 0. The minimum Gasteiger partial charge on any atom is -0.374 e. The van der Waals surface area contributed by atoms with Crippen molar-refractivity contribution in [3.63, 3.8) is 0 Å². The van der Waals surface area contributed by atoms with Crippen LogP contribution in [0, 0.1) is 5.92 Å². The van der Waals surface area contributed by atoms with E-state index < -0.39 is 0 Å². The zero-order valence-electron chi connectivity index (χ0n) is 11.7. The van der Waals surface area contributed by atoms with Gasteiger partial charge >= 0.3 is 0 Å². The molecule has 1 saturated carbocycles. The number of anilines is 1. The SMILES string of the molecule is CCOCc1nc(Cl)cc(NC2CCCCC2C)n1. The number of nitrogens with zero attached hydrogens (tertiary/aromatic N) is 2. The molecule has 0 aromatic carbocycles. The lowest BCUT2D eigenvalue weighted by Gasteiger charge is -2.30. The van der Waals surface area contributed by atoms with Crippen molar-refractivity contribution in [1.29, 1.82) is 0 Å². The molecule has 1 aromatic heterocycles.